The maximum Gasteiger partial charge on any atom is 0.187 e. The van der Waals surface area contributed by atoms with Crippen LogP contribution in [0.4, 0.5) is 0 Å². The number of allylic oxidation sites excluding steroid dienone is 2. The minimum atomic E-state index is -0.162. The van der Waals surface area contributed by atoms with Gasteiger partial charge in [-0.05, 0) is 59.0 Å². The van der Waals surface area contributed by atoms with Crippen molar-refractivity contribution >= 4 is 32.6 Å². The second-order valence-electron chi connectivity index (χ2n) is 14.1. The molecular formula is C50H33N3O2. The third-order valence-electron chi connectivity index (χ3n) is 10.7. The number of ether oxygens (including phenoxy) is 2. The molecule has 3 heterocycles. The Bertz CT molecular complexity index is 2960. The minimum absolute atomic E-state index is 0.162. The van der Waals surface area contributed by atoms with E-state index in [0.29, 0.717) is 5.82 Å². The highest BCUT2D eigenvalue weighted by Crippen LogP contribution is 2.48. The van der Waals surface area contributed by atoms with E-state index in [1.165, 1.54) is 16.2 Å². The van der Waals surface area contributed by atoms with Crippen molar-refractivity contribution in [3.8, 4) is 62.2 Å². The lowest BCUT2D eigenvalue weighted by atomic mass is 10.0. The van der Waals surface area contributed by atoms with Gasteiger partial charge in [0.05, 0.1) is 16.9 Å². The topological polar surface area (TPSA) is 49.2 Å². The maximum absolute atomic E-state index is 6.84. The quantitative estimate of drug-likeness (QED) is 0.179. The fourth-order valence-corrected chi connectivity index (χ4v) is 8.09. The Labute approximate surface area is 318 Å². The molecule has 5 nitrogen and oxygen atoms in total. The molecule has 1 unspecified atom stereocenters. The van der Waals surface area contributed by atoms with E-state index in [2.05, 4.69) is 132 Å². The van der Waals surface area contributed by atoms with Gasteiger partial charge in [0.1, 0.15) is 11.3 Å². The average Bonchev–Trinajstić information content (AvgIpc) is 3.62. The summed E-state index contributed by atoms with van der Waals surface area (Å²) in [5.41, 5.74) is 10.2. The lowest BCUT2D eigenvalue weighted by Gasteiger charge is -2.30. The van der Waals surface area contributed by atoms with Crippen LogP contribution < -0.4 is 9.47 Å². The number of rotatable bonds is 5. The van der Waals surface area contributed by atoms with E-state index in [1.807, 2.05) is 54.6 Å². The standard InChI is InChI=1S/C50H33N3O2/c1-3-14-33(15-4-1)42-31-43(34-16-5-2-6-17-34)52-50(51-42)37-20-11-18-35(29-37)36-19-12-21-38(30-36)53-47-39-22-8-7-13-32(39)25-26-40(47)41-27-28-46-49(48(41)53)55-45-24-10-9-23-44(45)54-46/h1-23,25-31,45H,24H2. The summed E-state index contributed by atoms with van der Waals surface area (Å²) in [7, 11) is 0. The smallest absolute Gasteiger partial charge is 0.187 e. The van der Waals surface area contributed by atoms with Gasteiger partial charge in [-0.15, -0.1) is 0 Å². The summed E-state index contributed by atoms with van der Waals surface area (Å²) in [5, 5.41) is 4.66. The lowest BCUT2D eigenvalue weighted by Crippen LogP contribution is -2.28. The highest BCUT2D eigenvalue weighted by atomic mass is 16.6. The molecule has 0 spiro atoms. The lowest BCUT2D eigenvalue weighted by molar-refractivity contribution is 0.149. The SMILES string of the molecule is C1=CCC2Oc3c(ccc4c5ccc6ccccc6c5n(-c5cccc(-c6cccc(-c7nc(-c8ccccc8)cc(-c8ccccc8)n7)c6)c5)c34)OC2=C1. The third kappa shape index (κ3) is 5.32. The molecule has 0 bridgehead atoms. The third-order valence-corrected chi connectivity index (χ3v) is 10.7. The van der Waals surface area contributed by atoms with Crippen molar-refractivity contribution < 1.29 is 9.47 Å². The Hall–Kier alpha value is -7.24. The molecule has 11 rings (SSSR count). The number of hydrogen-bond acceptors (Lipinski definition) is 4. The molecule has 7 aromatic carbocycles. The van der Waals surface area contributed by atoms with Crippen molar-refractivity contribution in [1.82, 2.24) is 14.5 Å². The molecule has 0 amide bonds. The molecule has 260 valence electrons. The van der Waals surface area contributed by atoms with Crippen molar-refractivity contribution in [1.29, 1.82) is 0 Å². The molecule has 0 fully saturated rings. The van der Waals surface area contributed by atoms with Crippen LogP contribution in [0.3, 0.4) is 0 Å². The number of hydrogen-bond donors (Lipinski definition) is 0. The Morgan fingerprint density at radius 2 is 1.18 bits per heavy atom. The molecular weight excluding hydrogens is 675 g/mol. The van der Waals surface area contributed by atoms with Gasteiger partial charge in [0.15, 0.2) is 23.4 Å². The normalized spacial score (nSPS) is 14.6. The molecule has 0 radical (unpaired) electrons. The first-order valence-corrected chi connectivity index (χ1v) is 18.7. The Kier molecular flexibility index (Phi) is 7.24. The molecule has 1 atom stereocenters. The van der Waals surface area contributed by atoms with Crippen molar-refractivity contribution in [2.24, 2.45) is 0 Å². The summed E-state index contributed by atoms with van der Waals surface area (Å²) in [5.74, 6) is 3.03. The molecule has 0 saturated heterocycles. The second-order valence-corrected chi connectivity index (χ2v) is 14.1. The zero-order valence-corrected chi connectivity index (χ0v) is 29.8. The van der Waals surface area contributed by atoms with Gasteiger partial charge in [-0.25, -0.2) is 9.97 Å². The Morgan fingerprint density at radius 3 is 1.98 bits per heavy atom. The Morgan fingerprint density at radius 1 is 0.527 bits per heavy atom. The molecule has 55 heavy (non-hydrogen) atoms. The average molecular weight is 708 g/mol. The van der Waals surface area contributed by atoms with Gasteiger partial charge < -0.3 is 14.0 Å². The second kappa shape index (κ2) is 12.7. The molecule has 0 N–H and O–H groups in total. The highest BCUT2D eigenvalue weighted by molar-refractivity contribution is 6.20. The van der Waals surface area contributed by atoms with Gasteiger partial charge in [-0.3, -0.25) is 0 Å². The van der Waals surface area contributed by atoms with E-state index in [1.54, 1.807) is 0 Å². The molecule has 9 aromatic rings. The van der Waals surface area contributed by atoms with Crippen molar-refractivity contribution in [2.45, 2.75) is 12.5 Å². The predicted octanol–water partition coefficient (Wildman–Crippen LogP) is 12.4. The van der Waals surface area contributed by atoms with Crippen LogP contribution in [0.2, 0.25) is 0 Å². The van der Waals surface area contributed by atoms with E-state index in [9.17, 15) is 0 Å². The summed E-state index contributed by atoms with van der Waals surface area (Å²) in [6.07, 6.45) is 6.78. The summed E-state index contributed by atoms with van der Waals surface area (Å²) < 4.78 is 15.7. The van der Waals surface area contributed by atoms with E-state index >= 15 is 0 Å². The number of nitrogens with zero attached hydrogens (tertiary/aromatic N) is 3. The number of aromatic nitrogens is 3. The fraction of sp³-hybridized carbons (Fsp3) is 0.0400. The molecule has 1 aliphatic carbocycles. The highest BCUT2D eigenvalue weighted by Gasteiger charge is 2.31. The van der Waals surface area contributed by atoms with Gasteiger partial charge in [0.2, 0.25) is 0 Å². The summed E-state index contributed by atoms with van der Waals surface area (Å²) in [6, 6.07) is 57.3. The number of fused-ring (bicyclic) bond motifs is 8. The van der Waals surface area contributed by atoms with Crippen LogP contribution in [-0.4, -0.2) is 20.6 Å². The zero-order chi connectivity index (χ0) is 36.3. The van der Waals surface area contributed by atoms with Crippen LogP contribution in [0, 0.1) is 0 Å². The van der Waals surface area contributed by atoms with Crippen molar-refractivity contribution in [3.63, 3.8) is 0 Å². The van der Waals surface area contributed by atoms with Crippen LogP contribution in [0.25, 0.3) is 83.3 Å². The molecule has 0 saturated carbocycles. The van der Waals surface area contributed by atoms with Gasteiger partial charge in [0, 0.05) is 45.0 Å². The van der Waals surface area contributed by atoms with Gasteiger partial charge >= 0.3 is 0 Å². The first kappa shape index (κ1) is 31.3. The zero-order valence-electron chi connectivity index (χ0n) is 29.8. The predicted molar refractivity (Wildman–Crippen MR) is 223 cm³/mol. The van der Waals surface area contributed by atoms with Crippen LogP contribution in [0.1, 0.15) is 6.42 Å². The monoisotopic (exact) mass is 707 g/mol. The maximum atomic E-state index is 6.84. The van der Waals surface area contributed by atoms with Crippen molar-refractivity contribution in [2.75, 3.05) is 0 Å². The summed E-state index contributed by atoms with van der Waals surface area (Å²) in [6.45, 7) is 0. The van der Waals surface area contributed by atoms with E-state index in [-0.39, 0.29) is 6.10 Å². The molecule has 1 aliphatic heterocycles. The number of benzene rings is 7. The van der Waals surface area contributed by atoms with Crippen LogP contribution in [0.5, 0.6) is 11.5 Å². The van der Waals surface area contributed by atoms with Crippen LogP contribution in [-0.2, 0) is 0 Å². The molecule has 2 aromatic heterocycles. The van der Waals surface area contributed by atoms with Gasteiger partial charge in [-0.1, -0.05) is 140 Å². The largest absolute Gasteiger partial charge is 0.476 e. The Balaban J connectivity index is 1.09. The summed E-state index contributed by atoms with van der Waals surface area (Å²) in [4.78, 5) is 10.2. The van der Waals surface area contributed by atoms with Crippen molar-refractivity contribution in [3.05, 3.63) is 188 Å². The van der Waals surface area contributed by atoms with Gasteiger partial charge in [-0.2, -0.15) is 0 Å². The first-order valence-electron chi connectivity index (χ1n) is 18.7. The summed E-state index contributed by atoms with van der Waals surface area (Å²) >= 11 is 0. The van der Waals surface area contributed by atoms with E-state index in [4.69, 9.17) is 19.4 Å². The molecule has 5 heteroatoms. The van der Waals surface area contributed by atoms with Gasteiger partial charge in [0.25, 0.3) is 0 Å². The fourth-order valence-electron chi connectivity index (χ4n) is 8.09. The van der Waals surface area contributed by atoms with Crippen LogP contribution in [0.15, 0.2) is 188 Å². The molecule has 2 aliphatic rings. The van der Waals surface area contributed by atoms with Crippen LogP contribution >= 0.6 is 0 Å². The van der Waals surface area contributed by atoms with E-state index in [0.717, 1.165) is 85.0 Å². The minimum Gasteiger partial charge on any atom is -0.476 e. The van der Waals surface area contributed by atoms with E-state index < -0.39 is 0 Å². The first-order chi connectivity index (χ1) is 27.2.